The first-order chi connectivity index (χ1) is 6.33. The van der Waals surface area contributed by atoms with E-state index in [1.165, 1.54) is 0 Å². The Morgan fingerprint density at radius 1 is 1.38 bits per heavy atom. The second kappa shape index (κ2) is 3.21. The standard InChI is InChI=1S/C11H12O2/c1-2-5-9-8-6-3-4-7-10(8)13-11(9)12/h3-4,6-7,9H,2,5H2,1H3/t9-/m1/s1. The smallest absolute Gasteiger partial charge is 0.318 e. The van der Waals surface area contributed by atoms with Crippen LogP contribution in [0.4, 0.5) is 0 Å². The molecule has 0 fully saturated rings. The maximum Gasteiger partial charge on any atom is 0.318 e. The summed E-state index contributed by atoms with van der Waals surface area (Å²) in [6.45, 7) is 2.08. The van der Waals surface area contributed by atoms with E-state index in [0.29, 0.717) is 0 Å². The average Bonchev–Trinajstić information content (AvgIpc) is 2.44. The highest BCUT2D eigenvalue weighted by atomic mass is 16.5. The van der Waals surface area contributed by atoms with Crippen LogP contribution in [0.3, 0.4) is 0 Å². The molecule has 2 nitrogen and oxygen atoms in total. The van der Waals surface area contributed by atoms with E-state index in [1.807, 2.05) is 24.3 Å². The normalized spacial score (nSPS) is 19.8. The molecule has 68 valence electrons. The number of fused-ring (bicyclic) bond motifs is 1. The van der Waals surface area contributed by atoms with E-state index in [2.05, 4.69) is 6.92 Å². The van der Waals surface area contributed by atoms with Crippen molar-refractivity contribution in [2.75, 3.05) is 0 Å². The zero-order valence-corrected chi connectivity index (χ0v) is 7.62. The van der Waals surface area contributed by atoms with E-state index >= 15 is 0 Å². The largest absolute Gasteiger partial charge is 0.426 e. The maximum atomic E-state index is 11.4. The summed E-state index contributed by atoms with van der Waals surface area (Å²) >= 11 is 0. The molecule has 0 saturated carbocycles. The van der Waals surface area contributed by atoms with Crippen molar-refractivity contribution >= 4 is 5.97 Å². The number of hydrogen-bond acceptors (Lipinski definition) is 2. The number of benzene rings is 1. The number of hydrogen-bond donors (Lipinski definition) is 0. The minimum atomic E-state index is -0.0944. The predicted molar refractivity (Wildman–Crippen MR) is 49.7 cm³/mol. The number of esters is 1. The Morgan fingerprint density at radius 2 is 2.15 bits per heavy atom. The highest BCUT2D eigenvalue weighted by Crippen LogP contribution is 2.36. The fraction of sp³-hybridized carbons (Fsp3) is 0.364. The molecule has 2 rings (SSSR count). The maximum absolute atomic E-state index is 11.4. The van der Waals surface area contributed by atoms with Crippen LogP contribution in [0.2, 0.25) is 0 Å². The van der Waals surface area contributed by atoms with Crippen molar-refractivity contribution in [2.24, 2.45) is 0 Å². The molecule has 0 amide bonds. The molecule has 0 N–H and O–H groups in total. The van der Waals surface area contributed by atoms with Crippen molar-refractivity contribution < 1.29 is 9.53 Å². The van der Waals surface area contributed by atoms with Gasteiger partial charge in [-0.05, 0) is 12.5 Å². The third-order valence-electron chi connectivity index (χ3n) is 2.37. The molecule has 2 heteroatoms. The highest BCUT2D eigenvalue weighted by Gasteiger charge is 2.31. The van der Waals surface area contributed by atoms with E-state index in [1.54, 1.807) is 0 Å². The van der Waals surface area contributed by atoms with Gasteiger partial charge >= 0.3 is 5.97 Å². The van der Waals surface area contributed by atoms with Gasteiger partial charge in [-0.2, -0.15) is 0 Å². The predicted octanol–water partition coefficient (Wildman–Crippen LogP) is 2.49. The molecule has 13 heavy (non-hydrogen) atoms. The third kappa shape index (κ3) is 1.32. The van der Waals surface area contributed by atoms with Gasteiger partial charge in [-0.15, -0.1) is 0 Å². The van der Waals surface area contributed by atoms with E-state index in [4.69, 9.17) is 4.74 Å². The van der Waals surface area contributed by atoms with Crippen molar-refractivity contribution in [2.45, 2.75) is 25.7 Å². The zero-order chi connectivity index (χ0) is 9.26. The second-order valence-corrected chi connectivity index (χ2v) is 3.30. The number of ether oxygens (including phenoxy) is 1. The Morgan fingerprint density at radius 3 is 2.92 bits per heavy atom. The minimum Gasteiger partial charge on any atom is -0.426 e. The third-order valence-corrected chi connectivity index (χ3v) is 2.37. The average molecular weight is 176 g/mol. The summed E-state index contributed by atoms with van der Waals surface area (Å²) < 4.78 is 5.13. The Hall–Kier alpha value is -1.31. The lowest BCUT2D eigenvalue weighted by Crippen LogP contribution is -2.09. The topological polar surface area (TPSA) is 26.3 Å². The van der Waals surface area contributed by atoms with Gasteiger partial charge in [-0.1, -0.05) is 31.5 Å². The van der Waals surface area contributed by atoms with E-state index in [0.717, 1.165) is 24.2 Å². The van der Waals surface area contributed by atoms with Crippen LogP contribution in [0.25, 0.3) is 0 Å². The van der Waals surface area contributed by atoms with Gasteiger partial charge < -0.3 is 4.74 Å². The van der Waals surface area contributed by atoms with Crippen LogP contribution in [-0.4, -0.2) is 5.97 Å². The van der Waals surface area contributed by atoms with Gasteiger partial charge in [0.25, 0.3) is 0 Å². The summed E-state index contributed by atoms with van der Waals surface area (Å²) in [6, 6.07) is 7.66. The molecular formula is C11H12O2. The number of para-hydroxylation sites is 1. The van der Waals surface area contributed by atoms with Gasteiger partial charge in [0.05, 0.1) is 5.92 Å². The molecule has 1 aromatic rings. The lowest BCUT2D eigenvalue weighted by molar-refractivity contribution is -0.134. The van der Waals surface area contributed by atoms with Crippen LogP contribution in [0.5, 0.6) is 5.75 Å². The Labute approximate surface area is 77.5 Å². The molecule has 0 aromatic heterocycles. The monoisotopic (exact) mass is 176 g/mol. The van der Waals surface area contributed by atoms with Gasteiger partial charge in [0.1, 0.15) is 5.75 Å². The Balaban J connectivity index is 2.35. The molecular weight excluding hydrogens is 164 g/mol. The highest BCUT2D eigenvalue weighted by molar-refractivity contribution is 5.85. The summed E-state index contributed by atoms with van der Waals surface area (Å²) in [5.41, 5.74) is 1.05. The van der Waals surface area contributed by atoms with Crippen LogP contribution in [0.15, 0.2) is 24.3 Å². The molecule has 0 aliphatic carbocycles. The molecule has 0 saturated heterocycles. The van der Waals surface area contributed by atoms with Crippen LogP contribution in [-0.2, 0) is 4.79 Å². The minimum absolute atomic E-state index is 0.0267. The molecule has 0 spiro atoms. The fourth-order valence-electron chi connectivity index (χ4n) is 1.73. The van der Waals surface area contributed by atoms with Gasteiger partial charge in [-0.3, -0.25) is 4.79 Å². The van der Waals surface area contributed by atoms with Gasteiger partial charge in [0.2, 0.25) is 0 Å². The number of rotatable bonds is 2. The first kappa shape index (κ1) is 8.30. The van der Waals surface area contributed by atoms with Gasteiger partial charge in [-0.25, -0.2) is 0 Å². The summed E-state index contributed by atoms with van der Waals surface area (Å²) in [5.74, 6) is 0.621. The van der Waals surface area contributed by atoms with Crippen molar-refractivity contribution in [1.29, 1.82) is 0 Å². The number of carbonyl (C=O) groups is 1. The van der Waals surface area contributed by atoms with Crippen LogP contribution in [0.1, 0.15) is 31.2 Å². The SMILES string of the molecule is CCC[C@H]1C(=O)Oc2ccccc21. The fourth-order valence-corrected chi connectivity index (χ4v) is 1.73. The first-order valence-corrected chi connectivity index (χ1v) is 4.63. The molecule has 0 radical (unpaired) electrons. The lowest BCUT2D eigenvalue weighted by Gasteiger charge is -2.03. The summed E-state index contributed by atoms with van der Waals surface area (Å²) in [4.78, 5) is 11.4. The van der Waals surface area contributed by atoms with E-state index in [9.17, 15) is 4.79 Å². The molecule has 0 bridgehead atoms. The van der Waals surface area contributed by atoms with Crippen molar-refractivity contribution in [3.05, 3.63) is 29.8 Å². The van der Waals surface area contributed by atoms with Crippen LogP contribution in [0, 0.1) is 0 Å². The van der Waals surface area contributed by atoms with Crippen molar-refractivity contribution in [1.82, 2.24) is 0 Å². The van der Waals surface area contributed by atoms with E-state index in [-0.39, 0.29) is 11.9 Å². The van der Waals surface area contributed by atoms with Crippen molar-refractivity contribution in [3.63, 3.8) is 0 Å². The van der Waals surface area contributed by atoms with E-state index < -0.39 is 0 Å². The molecule has 1 heterocycles. The second-order valence-electron chi connectivity index (χ2n) is 3.30. The van der Waals surface area contributed by atoms with Gasteiger partial charge in [0.15, 0.2) is 0 Å². The zero-order valence-electron chi connectivity index (χ0n) is 7.62. The quantitative estimate of drug-likeness (QED) is 0.511. The molecule has 1 atom stereocenters. The summed E-state index contributed by atoms with van der Waals surface area (Å²) in [6.07, 6.45) is 1.89. The molecule has 1 aliphatic heterocycles. The summed E-state index contributed by atoms with van der Waals surface area (Å²) in [5, 5.41) is 0. The first-order valence-electron chi connectivity index (χ1n) is 4.63. The van der Waals surface area contributed by atoms with Crippen LogP contribution >= 0.6 is 0 Å². The molecule has 0 unspecified atom stereocenters. The summed E-state index contributed by atoms with van der Waals surface area (Å²) in [7, 11) is 0. The van der Waals surface area contributed by atoms with Crippen molar-refractivity contribution in [3.8, 4) is 5.75 Å². The Kier molecular flexibility index (Phi) is 2.05. The lowest BCUT2D eigenvalue weighted by atomic mass is 9.96. The van der Waals surface area contributed by atoms with Gasteiger partial charge in [0, 0.05) is 5.56 Å². The number of carbonyl (C=O) groups excluding carboxylic acids is 1. The Bertz CT molecular complexity index is 331. The van der Waals surface area contributed by atoms with Crippen LogP contribution < -0.4 is 4.74 Å². The molecule has 1 aromatic carbocycles. The molecule has 1 aliphatic rings.